The zero-order valence-corrected chi connectivity index (χ0v) is 34.1. The van der Waals surface area contributed by atoms with E-state index in [-0.39, 0.29) is 0 Å². The van der Waals surface area contributed by atoms with E-state index in [1.807, 2.05) is 54.6 Å². The summed E-state index contributed by atoms with van der Waals surface area (Å²) in [6, 6.07) is 69.7. The quantitative estimate of drug-likeness (QED) is 0.173. The van der Waals surface area contributed by atoms with Crippen LogP contribution in [0, 0.1) is 0 Å². The highest BCUT2D eigenvalue weighted by molar-refractivity contribution is 6.26. The van der Waals surface area contributed by atoms with Crippen molar-refractivity contribution in [3.8, 4) is 45.5 Å². The molecule has 298 valence electrons. The van der Waals surface area contributed by atoms with Crippen LogP contribution in [0.4, 0.5) is 0 Å². The molecule has 0 atom stereocenters. The van der Waals surface area contributed by atoms with Gasteiger partial charge in [-0.3, -0.25) is 4.57 Å². The van der Waals surface area contributed by atoms with Gasteiger partial charge in [0.05, 0.1) is 22.1 Å². The summed E-state index contributed by atoms with van der Waals surface area (Å²) in [4.78, 5) is 15.7. The normalized spacial score (nSPS) is 12.1. The van der Waals surface area contributed by atoms with Crippen LogP contribution in [0.2, 0.25) is 0 Å². The Hall–Kier alpha value is -8.81. The van der Waals surface area contributed by atoms with E-state index >= 15 is 0 Å². The molecule has 0 saturated heterocycles. The van der Waals surface area contributed by atoms with Gasteiger partial charge in [0.15, 0.2) is 11.6 Å². The molecule has 0 fully saturated rings. The molecule has 14 aromatic rings. The highest BCUT2D eigenvalue weighted by atomic mass is 16.3. The number of hydrogen-bond acceptors (Lipinski definition) is 5. The number of furan rings is 2. The molecular weight excluding hydrogens is 787 g/mol. The molecule has 7 heteroatoms. The largest absolute Gasteiger partial charge is 0.456 e. The number of rotatable bonds is 5. The first-order valence-electron chi connectivity index (χ1n) is 21.4. The average molecular weight is 820 g/mol. The van der Waals surface area contributed by atoms with E-state index in [2.05, 4.69) is 155 Å². The maximum atomic E-state index is 6.45. The molecule has 0 amide bonds. The Morgan fingerprint density at radius 1 is 0.312 bits per heavy atom. The van der Waals surface area contributed by atoms with Crippen molar-refractivity contribution >= 4 is 87.5 Å². The predicted octanol–water partition coefficient (Wildman–Crippen LogP) is 14.9. The summed E-state index contributed by atoms with van der Waals surface area (Å²) in [5.41, 5.74) is 12.7. The van der Waals surface area contributed by atoms with Crippen LogP contribution in [-0.2, 0) is 0 Å². The van der Waals surface area contributed by atoms with Gasteiger partial charge in [0, 0.05) is 59.9 Å². The first-order chi connectivity index (χ1) is 31.7. The SMILES string of the molecule is c1ccc(-c2ccc3oc4ccc(-n5c6ccccc6c6ccc7c(c8ccccc8n7-c7nc(-c8ccccc8)nc(-c8ccc9c(c8)oc8ccccc89)n7)c65)cc4c3c2)cc1. The fourth-order valence-electron chi connectivity index (χ4n) is 9.88. The molecule has 14 rings (SSSR count). The smallest absolute Gasteiger partial charge is 0.238 e. The third-order valence-electron chi connectivity index (χ3n) is 12.8. The number of benzene rings is 9. The number of fused-ring (bicyclic) bond motifs is 13. The van der Waals surface area contributed by atoms with Gasteiger partial charge in [-0.15, -0.1) is 0 Å². The van der Waals surface area contributed by atoms with E-state index in [9.17, 15) is 0 Å². The summed E-state index contributed by atoms with van der Waals surface area (Å²) in [5.74, 6) is 1.67. The van der Waals surface area contributed by atoms with E-state index in [1.165, 1.54) is 10.9 Å². The minimum absolute atomic E-state index is 0.530. The molecule has 5 aromatic heterocycles. The molecule has 0 N–H and O–H groups in total. The first-order valence-corrected chi connectivity index (χ1v) is 21.4. The van der Waals surface area contributed by atoms with Gasteiger partial charge in [-0.25, -0.2) is 4.98 Å². The minimum Gasteiger partial charge on any atom is -0.456 e. The summed E-state index contributed by atoms with van der Waals surface area (Å²) < 4.78 is 17.4. The molecule has 64 heavy (non-hydrogen) atoms. The molecule has 9 aromatic carbocycles. The molecule has 0 bridgehead atoms. The topological polar surface area (TPSA) is 74.8 Å². The number of para-hydroxylation sites is 3. The van der Waals surface area contributed by atoms with E-state index in [0.29, 0.717) is 17.6 Å². The van der Waals surface area contributed by atoms with Gasteiger partial charge in [-0.05, 0) is 77.9 Å². The second-order valence-corrected chi connectivity index (χ2v) is 16.4. The van der Waals surface area contributed by atoms with Crippen LogP contribution in [0.15, 0.2) is 209 Å². The Morgan fingerprint density at radius 2 is 0.891 bits per heavy atom. The highest BCUT2D eigenvalue weighted by Gasteiger charge is 2.24. The molecule has 0 radical (unpaired) electrons. The zero-order valence-electron chi connectivity index (χ0n) is 34.1. The second-order valence-electron chi connectivity index (χ2n) is 16.4. The van der Waals surface area contributed by atoms with E-state index in [0.717, 1.165) is 104 Å². The lowest BCUT2D eigenvalue weighted by molar-refractivity contribution is 0.668. The molecule has 0 saturated carbocycles. The van der Waals surface area contributed by atoms with E-state index in [1.54, 1.807) is 0 Å². The Morgan fingerprint density at radius 3 is 1.70 bits per heavy atom. The summed E-state index contributed by atoms with van der Waals surface area (Å²) >= 11 is 0. The summed E-state index contributed by atoms with van der Waals surface area (Å²) in [5, 5.41) is 8.83. The molecule has 0 spiro atoms. The van der Waals surface area contributed by atoms with Crippen LogP contribution < -0.4 is 0 Å². The lowest BCUT2D eigenvalue weighted by atomic mass is 10.0. The van der Waals surface area contributed by atoms with Gasteiger partial charge in [0.1, 0.15) is 22.3 Å². The van der Waals surface area contributed by atoms with Gasteiger partial charge in [0.25, 0.3) is 0 Å². The minimum atomic E-state index is 0.530. The molecule has 0 aliphatic heterocycles. The molecule has 7 nitrogen and oxygen atoms in total. The van der Waals surface area contributed by atoms with E-state index in [4.69, 9.17) is 23.8 Å². The van der Waals surface area contributed by atoms with Crippen LogP contribution in [0.5, 0.6) is 0 Å². The standard InChI is InChI=1S/C57H33N5O2/c1-3-13-34(14-4-1)36-24-29-50-44(31-36)45-33-38(25-30-51(45)63-50)61-46-20-10-7-17-39(46)42-27-28-48-53(54(42)61)43-19-8-11-21-47(43)62(48)57-59-55(35-15-5-2-6-16-35)58-56(60-57)37-23-26-41-40-18-9-12-22-49(40)64-52(41)32-37/h1-33H. The fourth-order valence-corrected chi connectivity index (χ4v) is 9.88. The van der Waals surface area contributed by atoms with Crippen molar-refractivity contribution in [2.75, 3.05) is 0 Å². The van der Waals surface area contributed by atoms with Crippen LogP contribution in [0.25, 0.3) is 133 Å². The van der Waals surface area contributed by atoms with Crippen molar-refractivity contribution in [1.82, 2.24) is 24.1 Å². The molecule has 0 aliphatic carbocycles. The van der Waals surface area contributed by atoms with Gasteiger partial charge in [-0.2, -0.15) is 9.97 Å². The van der Waals surface area contributed by atoms with Crippen molar-refractivity contribution < 1.29 is 8.83 Å². The fraction of sp³-hybridized carbons (Fsp3) is 0. The maximum absolute atomic E-state index is 6.45. The number of nitrogens with zero attached hydrogens (tertiary/aromatic N) is 5. The number of hydrogen-bond donors (Lipinski definition) is 0. The van der Waals surface area contributed by atoms with Crippen molar-refractivity contribution in [3.05, 3.63) is 200 Å². The Balaban J connectivity index is 1.03. The molecule has 0 aliphatic rings. The van der Waals surface area contributed by atoms with Crippen molar-refractivity contribution in [2.45, 2.75) is 0 Å². The average Bonchev–Trinajstić information content (AvgIpc) is 4.11. The third kappa shape index (κ3) is 5.12. The highest BCUT2D eigenvalue weighted by Crippen LogP contribution is 2.43. The second kappa shape index (κ2) is 13.3. The van der Waals surface area contributed by atoms with Crippen molar-refractivity contribution in [3.63, 3.8) is 0 Å². The van der Waals surface area contributed by atoms with Gasteiger partial charge < -0.3 is 13.4 Å². The van der Waals surface area contributed by atoms with Crippen LogP contribution in [0.1, 0.15) is 0 Å². The van der Waals surface area contributed by atoms with Crippen molar-refractivity contribution in [2.24, 2.45) is 0 Å². The Kier molecular flexibility index (Phi) is 7.27. The Labute approximate surface area is 364 Å². The maximum Gasteiger partial charge on any atom is 0.238 e. The van der Waals surface area contributed by atoms with Crippen LogP contribution in [0.3, 0.4) is 0 Å². The predicted molar refractivity (Wildman–Crippen MR) is 259 cm³/mol. The first kappa shape index (κ1) is 34.9. The van der Waals surface area contributed by atoms with Gasteiger partial charge in [-0.1, -0.05) is 133 Å². The zero-order chi connectivity index (χ0) is 41.9. The van der Waals surface area contributed by atoms with Gasteiger partial charge >= 0.3 is 0 Å². The molecular formula is C57H33N5O2. The summed E-state index contributed by atoms with van der Waals surface area (Å²) in [6.45, 7) is 0. The van der Waals surface area contributed by atoms with E-state index < -0.39 is 0 Å². The molecule has 5 heterocycles. The van der Waals surface area contributed by atoms with Crippen LogP contribution >= 0.6 is 0 Å². The van der Waals surface area contributed by atoms with Crippen LogP contribution in [-0.4, -0.2) is 24.1 Å². The summed E-state index contributed by atoms with van der Waals surface area (Å²) in [7, 11) is 0. The van der Waals surface area contributed by atoms with Crippen molar-refractivity contribution in [1.29, 1.82) is 0 Å². The molecule has 0 unspecified atom stereocenters. The Bertz CT molecular complexity index is 4200. The monoisotopic (exact) mass is 819 g/mol. The number of aromatic nitrogens is 5. The lowest BCUT2D eigenvalue weighted by Gasteiger charge is -2.11. The lowest BCUT2D eigenvalue weighted by Crippen LogP contribution is -2.06. The van der Waals surface area contributed by atoms with Gasteiger partial charge in [0.2, 0.25) is 5.95 Å². The summed E-state index contributed by atoms with van der Waals surface area (Å²) in [6.07, 6.45) is 0. The third-order valence-corrected chi connectivity index (χ3v) is 12.8.